The normalized spacial score (nSPS) is 10.8. The maximum Gasteiger partial charge on any atom is 0.162 e. The van der Waals surface area contributed by atoms with E-state index in [1.807, 2.05) is 37.5 Å². The van der Waals surface area contributed by atoms with Gasteiger partial charge in [0, 0.05) is 30.4 Å². The third-order valence-corrected chi connectivity index (χ3v) is 4.35. The number of hydrogen-bond donors (Lipinski definition) is 0. The maximum atomic E-state index is 9.37. The minimum absolute atomic E-state index is 0.280. The quantitative estimate of drug-likeness (QED) is 0.541. The lowest BCUT2D eigenvalue weighted by Crippen LogP contribution is -2.01. The van der Waals surface area contributed by atoms with Crippen molar-refractivity contribution in [1.82, 2.24) is 24.7 Å². The van der Waals surface area contributed by atoms with Crippen LogP contribution in [-0.4, -0.2) is 24.7 Å². The first kappa shape index (κ1) is 16.2. The van der Waals surface area contributed by atoms with Crippen molar-refractivity contribution in [1.29, 1.82) is 5.26 Å². The molecule has 1 aromatic carbocycles. The molecule has 0 saturated carbocycles. The molecule has 0 N–H and O–H groups in total. The zero-order chi connectivity index (χ0) is 18.3. The van der Waals surface area contributed by atoms with Crippen LogP contribution >= 0.6 is 11.6 Å². The van der Waals surface area contributed by atoms with Crippen LogP contribution in [0.4, 0.5) is 0 Å². The molecule has 3 aromatic heterocycles. The topological polar surface area (TPSA) is 80.3 Å². The van der Waals surface area contributed by atoms with E-state index in [9.17, 15) is 5.26 Å². The van der Waals surface area contributed by atoms with Crippen LogP contribution in [0.5, 0.6) is 0 Å². The minimum atomic E-state index is 0.280. The number of pyridine rings is 1. The second-order valence-electron chi connectivity index (χ2n) is 5.87. The predicted molar refractivity (Wildman–Crippen MR) is 99.4 cm³/mol. The van der Waals surface area contributed by atoms with Gasteiger partial charge in [-0.05, 0) is 31.2 Å². The SMILES string of the molecule is Cc1nc(-c2ccn(C)n2)c(-c2cc(Cl)c3ncccc3c2)nc1C#N. The van der Waals surface area contributed by atoms with Crippen molar-refractivity contribution in [3.05, 3.63) is 59.1 Å². The molecule has 26 heavy (non-hydrogen) atoms. The molecule has 4 rings (SSSR count). The van der Waals surface area contributed by atoms with E-state index in [0.717, 1.165) is 16.5 Å². The number of aryl methyl sites for hydroxylation is 2. The average Bonchev–Trinajstić information content (AvgIpc) is 3.07. The van der Waals surface area contributed by atoms with Crippen molar-refractivity contribution in [2.75, 3.05) is 0 Å². The Morgan fingerprint density at radius 3 is 2.73 bits per heavy atom. The molecule has 0 aliphatic heterocycles. The summed E-state index contributed by atoms with van der Waals surface area (Å²) in [5.41, 5.74) is 4.19. The van der Waals surface area contributed by atoms with Gasteiger partial charge < -0.3 is 0 Å². The fourth-order valence-corrected chi connectivity index (χ4v) is 3.11. The predicted octanol–water partition coefficient (Wildman–Crippen LogP) is 3.93. The van der Waals surface area contributed by atoms with E-state index < -0.39 is 0 Å². The zero-order valence-corrected chi connectivity index (χ0v) is 14.9. The van der Waals surface area contributed by atoms with Crippen LogP contribution in [0.3, 0.4) is 0 Å². The van der Waals surface area contributed by atoms with Crippen molar-refractivity contribution >= 4 is 22.5 Å². The van der Waals surface area contributed by atoms with Gasteiger partial charge in [0.25, 0.3) is 0 Å². The van der Waals surface area contributed by atoms with Crippen molar-refractivity contribution in [2.45, 2.75) is 6.92 Å². The van der Waals surface area contributed by atoms with Gasteiger partial charge in [0.1, 0.15) is 17.5 Å². The van der Waals surface area contributed by atoms with Crippen LogP contribution in [0, 0.1) is 18.3 Å². The molecule has 0 bridgehead atoms. The summed E-state index contributed by atoms with van der Waals surface area (Å²) in [5, 5.41) is 15.2. The highest BCUT2D eigenvalue weighted by atomic mass is 35.5. The van der Waals surface area contributed by atoms with Gasteiger partial charge in [-0.25, -0.2) is 9.97 Å². The van der Waals surface area contributed by atoms with Crippen LogP contribution in [-0.2, 0) is 7.05 Å². The first-order valence-corrected chi connectivity index (χ1v) is 8.28. The summed E-state index contributed by atoms with van der Waals surface area (Å²) in [5.74, 6) is 0. The van der Waals surface area contributed by atoms with Crippen molar-refractivity contribution in [3.8, 4) is 28.7 Å². The standard InChI is InChI=1S/C19H13ClN6/c1-11-16(10-21)24-18(19(23-11)15-5-7-26(2)25-15)13-8-12-4-3-6-22-17(12)14(20)9-13/h3-9H,1-2H3. The van der Waals surface area contributed by atoms with E-state index in [2.05, 4.69) is 26.1 Å². The third-order valence-electron chi connectivity index (χ3n) is 4.06. The number of aromatic nitrogens is 5. The fourth-order valence-electron chi connectivity index (χ4n) is 2.83. The fraction of sp³-hybridized carbons (Fsp3) is 0.105. The Bertz CT molecular complexity index is 1190. The minimum Gasteiger partial charge on any atom is -0.275 e. The lowest BCUT2D eigenvalue weighted by atomic mass is 10.0. The van der Waals surface area contributed by atoms with Crippen molar-refractivity contribution in [2.24, 2.45) is 7.05 Å². The lowest BCUT2D eigenvalue weighted by molar-refractivity contribution is 0.769. The van der Waals surface area contributed by atoms with E-state index in [1.165, 1.54) is 0 Å². The highest BCUT2D eigenvalue weighted by molar-refractivity contribution is 6.35. The summed E-state index contributed by atoms with van der Waals surface area (Å²) in [4.78, 5) is 13.4. The second-order valence-corrected chi connectivity index (χ2v) is 6.28. The number of nitriles is 1. The number of rotatable bonds is 2. The Morgan fingerprint density at radius 1 is 1.15 bits per heavy atom. The van der Waals surface area contributed by atoms with Gasteiger partial charge >= 0.3 is 0 Å². The molecule has 0 aliphatic carbocycles. The van der Waals surface area contributed by atoms with E-state index >= 15 is 0 Å². The van der Waals surface area contributed by atoms with Gasteiger partial charge in [-0.3, -0.25) is 9.67 Å². The molecule has 126 valence electrons. The molecule has 4 aromatic rings. The molecular weight excluding hydrogens is 348 g/mol. The van der Waals surface area contributed by atoms with Crippen LogP contribution in [0.25, 0.3) is 33.5 Å². The molecule has 0 fully saturated rings. The zero-order valence-electron chi connectivity index (χ0n) is 14.1. The molecule has 0 aliphatic rings. The van der Waals surface area contributed by atoms with Gasteiger partial charge in [-0.15, -0.1) is 0 Å². The Kier molecular flexibility index (Phi) is 3.86. The number of halogens is 1. The molecule has 0 unspecified atom stereocenters. The first-order valence-electron chi connectivity index (χ1n) is 7.90. The summed E-state index contributed by atoms with van der Waals surface area (Å²) < 4.78 is 1.70. The van der Waals surface area contributed by atoms with E-state index in [4.69, 9.17) is 11.6 Å². The van der Waals surface area contributed by atoms with Crippen LogP contribution < -0.4 is 0 Å². The molecule has 0 amide bonds. The van der Waals surface area contributed by atoms with Crippen molar-refractivity contribution in [3.63, 3.8) is 0 Å². The number of benzene rings is 1. The molecular formula is C19H13ClN6. The van der Waals surface area contributed by atoms with E-state index in [-0.39, 0.29) is 5.69 Å². The van der Waals surface area contributed by atoms with Crippen LogP contribution in [0.1, 0.15) is 11.4 Å². The highest BCUT2D eigenvalue weighted by Crippen LogP contribution is 2.33. The van der Waals surface area contributed by atoms with Gasteiger partial charge in [0.2, 0.25) is 0 Å². The van der Waals surface area contributed by atoms with Gasteiger partial charge in [0.05, 0.1) is 21.9 Å². The highest BCUT2D eigenvalue weighted by Gasteiger charge is 2.18. The molecule has 0 atom stereocenters. The van der Waals surface area contributed by atoms with E-state index in [0.29, 0.717) is 27.8 Å². The maximum absolute atomic E-state index is 9.37. The van der Waals surface area contributed by atoms with Gasteiger partial charge in [0.15, 0.2) is 5.69 Å². The average molecular weight is 361 g/mol. The van der Waals surface area contributed by atoms with Crippen molar-refractivity contribution < 1.29 is 0 Å². The molecule has 3 heterocycles. The number of hydrogen-bond acceptors (Lipinski definition) is 5. The summed E-state index contributed by atoms with van der Waals surface area (Å²) in [7, 11) is 1.84. The molecule has 0 radical (unpaired) electrons. The summed E-state index contributed by atoms with van der Waals surface area (Å²) >= 11 is 6.42. The third kappa shape index (κ3) is 2.68. The Balaban J connectivity index is 2.03. The molecule has 7 heteroatoms. The summed E-state index contributed by atoms with van der Waals surface area (Å²) in [6, 6.07) is 11.5. The smallest absolute Gasteiger partial charge is 0.162 e. The Labute approximate surface area is 154 Å². The Morgan fingerprint density at radius 2 is 2.00 bits per heavy atom. The van der Waals surface area contributed by atoms with Crippen LogP contribution in [0.15, 0.2) is 42.7 Å². The van der Waals surface area contributed by atoms with Crippen LogP contribution in [0.2, 0.25) is 5.02 Å². The Hall–Kier alpha value is -3.30. The first-order chi connectivity index (χ1) is 12.6. The number of fused-ring (bicyclic) bond motifs is 1. The molecule has 0 spiro atoms. The summed E-state index contributed by atoms with van der Waals surface area (Å²) in [6.45, 7) is 1.76. The largest absolute Gasteiger partial charge is 0.275 e. The van der Waals surface area contributed by atoms with Gasteiger partial charge in [-0.2, -0.15) is 10.4 Å². The monoisotopic (exact) mass is 360 g/mol. The van der Waals surface area contributed by atoms with E-state index in [1.54, 1.807) is 23.9 Å². The molecule has 6 nitrogen and oxygen atoms in total. The summed E-state index contributed by atoms with van der Waals surface area (Å²) in [6.07, 6.45) is 3.54. The number of nitrogens with zero attached hydrogens (tertiary/aromatic N) is 6. The second kappa shape index (κ2) is 6.21. The van der Waals surface area contributed by atoms with Gasteiger partial charge in [-0.1, -0.05) is 17.7 Å². The molecule has 0 saturated heterocycles. The lowest BCUT2D eigenvalue weighted by Gasteiger charge is -2.10.